The maximum atomic E-state index is 14.0. The third-order valence-electron chi connectivity index (χ3n) is 6.90. The van der Waals surface area contributed by atoms with Crippen molar-refractivity contribution >= 4 is 9.84 Å². The van der Waals surface area contributed by atoms with E-state index >= 15 is 0 Å². The normalized spacial score (nSPS) is 12.6. The monoisotopic (exact) mass is 618 g/mol. The number of benzene rings is 3. The minimum absolute atomic E-state index is 0.179. The van der Waals surface area contributed by atoms with Gasteiger partial charge in [0.25, 0.3) is 5.56 Å². The molecule has 0 amide bonds. The molecular formula is C31H34N6O6S. The second kappa shape index (κ2) is 14.0. The van der Waals surface area contributed by atoms with Gasteiger partial charge >= 0.3 is 0 Å². The smallest absolute Gasteiger partial charge is 0.281 e. The van der Waals surface area contributed by atoms with Crippen molar-refractivity contribution in [2.45, 2.75) is 42.1 Å². The van der Waals surface area contributed by atoms with Crippen LogP contribution in [0.5, 0.6) is 17.4 Å². The molecule has 0 atom stereocenters. The van der Waals surface area contributed by atoms with Crippen molar-refractivity contribution in [3.8, 4) is 34.2 Å². The highest BCUT2D eigenvalue weighted by molar-refractivity contribution is 7.91. The van der Waals surface area contributed by atoms with Gasteiger partial charge in [-0.25, -0.2) is 8.42 Å². The van der Waals surface area contributed by atoms with Gasteiger partial charge in [-0.3, -0.25) is 9.36 Å². The number of para-hydroxylation sites is 1. The number of methoxy groups -OCH3 is 2. The van der Waals surface area contributed by atoms with Crippen molar-refractivity contribution in [2.75, 3.05) is 28.3 Å². The Morgan fingerprint density at radius 3 is 1.93 bits per heavy atom. The zero-order chi connectivity index (χ0) is 31.9. The van der Waals surface area contributed by atoms with Gasteiger partial charge < -0.3 is 14.6 Å². The van der Waals surface area contributed by atoms with E-state index in [1.165, 1.54) is 26.4 Å². The SMILES string of the molecule is CCCCc1nc(O)c(S(=O)(=O)c2ccc(-c3ccc(C(N=NC)N=NC)cc3)cc2)c(=O)n1-c1c(OC)cccc1OC. The number of aromatic nitrogens is 2. The zero-order valence-electron chi connectivity index (χ0n) is 25.1. The van der Waals surface area contributed by atoms with Crippen LogP contribution in [0.4, 0.5) is 0 Å². The summed E-state index contributed by atoms with van der Waals surface area (Å²) < 4.78 is 39.9. The van der Waals surface area contributed by atoms with Crippen molar-refractivity contribution in [3.63, 3.8) is 0 Å². The molecule has 12 nitrogen and oxygen atoms in total. The lowest BCUT2D eigenvalue weighted by Crippen LogP contribution is -2.29. The molecule has 4 aromatic rings. The molecule has 0 saturated heterocycles. The third kappa shape index (κ3) is 6.37. The number of unbranched alkanes of at least 4 members (excludes halogenated alkanes) is 1. The number of rotatable bonds is 12. The maximum absolute atomic E-state index is 14.0. The summed E-state index contributed by atoms with van der Waals surface area (Å²) in [6, 6.07) is 18.3. The first-order valence-electron chi connectivity index (χ1n) is 13.8. The summed E-state index contributed by atoms with van der Waals surface area (Å²) in [5.74, 6) is -0.138. The highest BCUT2D eigenvalue weighted by Crippen LogP contribution is 2.35. The van der Waals surface area contributed by atoms with Crippen molar-refractivity contribution in [1.82, 2.24) is 9.55 Å². The van der Waals surface area contributed by atoms with Crippen molar-refractivity contribution in [3.05, 3.63) is 88.5 Å². The van der Waals surface area contributed by atoms with Gasteiger partial charge in [-0.2, -0.15) is 25.4 Å². The molecule has 0 fully saturated rings. The average molecular weight is 619 g/mol. The van der Waals surface area contributed by atoms with E-state index in [4.69, 9.17) is 9.47 Å². The van der Waals surface area contributed by atoms with Gasteiger partial charge in [0.2, 0.25) is 21.9 Å². The van der Waals surface area contributed by atoms with Gasteiger partial charge in [-0.15, -0.1) is 0 Å². The summed E-state index contributed by atoms with van der Waals surface area (Å²) in [5.41, 5.74) is 1.56. The molecule has 3 aromatic carbocycles. The van der Waals surface area contributed by atoms with Crippen LogP contribution in [0.25, 0.3) is 16.8 Å². The van der Waals surface area contributed by atoms with E-state index in [1.807, 2.05) is 31.2 Å². The Labute approximate surface area is 255 Å². The summed E-state index contributed by atoms with van der Waals surface area (Å²) in [6.45, 7) is 1.97. The lowest BCUT2D eigenvalue weighted by molar-refractivity contribution is 0.386. The maximum Gasteiger partial charge on any atom is 0.281 e. The highest BCUT2D eigenvalue weighted by Gasteiger charge is 2.31. The zero-order valence-corrected chi connectivity index (χ0v) is 25.9. The minimum Gasteiger partial charge on any atom is -0.494 e. The number of hydrogen-bond donors (Lipinski definition) is 1. The predicted octanol–water partition coefficient (Wildman–Crippen LogP) is 5.96. The molecule has 0 unspecified atom stereocenters. The highest BCUT2D eigenvalue weighted by atomic mass is 32.2. The lowest BCUT2D eigenvalue weighted by Gasteiger charge is -2.19. The van der Waals surface area contributed by atoms with E-state index in [0.717, 1.165) is 27.7 Å². The van der Waals surface area contributed by atoms with Crippen LogP contribution in [0, 0.1) is 0 Å². The van der Waals surface area contributed by atoms with Gasteiger partial charge in [0.15, 0.2) is 4.90 Å². The van der Waals surface area contributed by atoms with Crippen molar-refractivity contribution < 1.29 is 23.0 Å². The number of sulfone groups is 1. The van der Waals surface area contributed by atoms with Crippen LogP contribution in [0.1, 0.15) is 37.3 Å². The number of hydrogen-bond acceptors (Lipinski definition) is 11. The Balaban J connectivity index is 1.80. The summed E-state index contributed by atoms with van der Waals surface area (Å²) in [7, 11) is 1.47. The molecule has 1 N–H and O–H groups in total. The molecule has 4 rings (SSSR count). The first-order valence-corrected chi connectivity index (χ1v) is 15.3. The first-order chi connectivity index (χ1) is 21.2. The second-order valence-corrected chi connectivity index (χ2v) is 11.5. The van der Waals surface area contributed by atoms with Crippen molar-refractivity contribution in [2.24, 2.45) is 20.5 Å². The molecule has 1 aromatic heterocycles. The van der Waals surface area contributed by atoms with Crippen LogP contribution in [0.3, 0.4) is 0 Å². The Kier molecular flexibility index (Phi) is 10.2. The molecule has 13 heteroatoms. The fraction of sp³-hybridized carbons (Fsp3) is 0.290. The van der Waals surface area contributed by atoms with Gasteiger partial charge in [0.05, 0.1) is 19.1 Å². The molecule has 0 saturated carbocycles. The fourth-order valence-corrected chi connectivity index (χ4v) is 6.06. The standard InChI is InChI=1S/C31H34N6O6S/c1-6-7-11-26-34-30(38)28(31(39)37(26)27-24(42-4)9-8-10-25(27)43-5)44(40,41)23-18-16-21(17-19-23)20-12-14-22(15-13-20)29(35-32-2)36-33-3/h8-10,12-19,29,38H,6-7,11H2,1-5H3. The van der Waals surface area contributed by atoms with Crippen LogP contribution in [-0.4, -0.2) is 51.4 Å². The molecule has 0 spiro atoms. The first kappa shape index (κ1) is 32.0. The van der Waals surface area contributed by atoms with E-state index in [1.54, 1.807) is 44.4 Å². The Morgan fingerprint density at radius 1 is 0.886 bits per heavy atom. The quantitative estimate of drug-likeness (QED) is 0.192. The number of ether oxygens (including phenoxy) is 2. The lowest BCUT2D eigenvalue weighted by atomic mass is 10.0. The molecular weight excluding hydrogens is 584 g/mol. The largest absolute Gasteiger partial charge is 0.494 e. The minimum atomic E-state index is -4.51. The predicted molar refractivity (Wildman–Crippen MR) is 165 cm³/mol. The topological polar surface area (TPSA) is 157 Å². The third-order valence-corrected chi connectivity index (χ3v) is 8.69. The van der Waals surface area contributed by atoms with E-state index in [2.05, 4.69) is 25.4 Å². The van der Waals surface area contributed by atoms with Crippen LogP contribution < -0.4 is 15.0 Å². The second-order valence-electron chi connectivity index (χ2n) is 9.59. The Bertz CT molecular complexity index is 1800. The number of aryl methyl sites for hydroxylation is 1. The van der Waals surface area contributed by atoms with Crippen LogP contribution in [-0.2, 0) is 16.3 Å². The molecule has 0 radical (unpaired) electrons. The molecule has 0 bridgehead atoms. The Morgan fingerprint density at radius 2 is 1.43 bits per heavy atom. The molecule has 0 aliphatic heterocycles. The number of nitrogens with zero attached hydrogens (tertiary/aromatic N) is 6. The average Bonchev–Trinajstić information content (AvgIpc) is 3.03. The molecule has 44 heavy (non-hydrogen) atoms. The van der Waals surface area contributed by atoms with Crippen LogP contribution in [0.2, 0.25) is 0 Å². The van der Waals surface area contributed by atoms with E-state index in [0.29, 0.717) is 12.8 Å². The molecule has 230 valence electrons. The van der Waals surface area contributed by atoms with E-state index < -0.39 is 32.3 Å². The van der Waals surface area contributed by atoms with Gasteiger partial charge in [-0.05, 0) is 41.8 Å². The number of aromatic hydroxyl groups is 1. The summed E-state index contributed by atoms with van der Waals surface area (Å²) >= 11 is 0. The molecule has 0 aliphatic carbocycles. The molecule has 1 heterocycles. The van der Waals surface area contributed by atoms with Crippen molar-refractivity contribution in [1.29, 1.82) is 0 Å². The van der Waals surface area contributed by atoms with E-state index in [9.17, 15) is 18.3 Å². The summed E-state index contributed by atoms with van der Waals surface area (Å²) in [5, 5.41) is 26.6. The van der Waals surface area contributed by atoms with Gasteiger partial charge in [0.1, 0.15) is 23.0 Å². The van der Waals surface area contributed by atoms with Gasteiger partial charge in [-0.1, -0.05) is 55.8 Å². The van der Waals surface area contributed by atoms with E-state index in [-0.39, 0.29) is 27.9 Å². The summed E-state index contributed by atoms with van der Waals surface area (Å²) in [6.07, 6.45) is 1.17. The fourth-order valence-electron chi connectivity index (χ4n) is 4.73. The van der Waals surface area contributed by atoms with Crippen LogP contribution in [0.15, 0.2) is 102 Å². The summed E-state index contributed by atoms with van der Waals surface area (Å²) in [4.78, 5) is 17.2. The molecule has 0 aliphatic rings. The van der Waals surface area contributed by atoms with Crippen LogP contribution >= 0.6 is 0 Å². The number of azo groups is 2. The Hall–Kier alpha value is -4.91. The van der Waals surface area contributed by atoms with Gasteiger partial charge in [0, 0.05) is 26.1 Å².